The molecule has 4 aromatic rings. The molecule has 0 bridgehead atoms. The summed E-state index contributed by atoms with van der Waals surface area (Å²) in [6.07, 6.45) is 0. The summed E-state index contributed by atoms with van der Waals surface area (Å²) in [6, 6.07) is 9.34. The second-order valence-electron chi connectivity index (χ2n) is 10.1. The molecule has 2 fully saturated rings. The van der Waals surface area contributed by atoms with Crippen molar-refractivity contribution in [1.82, 2.24) is 23.8 Å². The molecule has 2 saturated heterocycles. The molecule has 2 aliphatic heterocycles. The molecule has 9 nitrogen and oxygen atoms in total. The van der Waals surface area contributed by atoms with E-state index in [-0.39, 0.29) is 22.7 Å². The van der Waals surface area contributed by atoms with Crippen LogP contribution in [0.1, 0.15) is 24.2 Å². The molecule has 0 spiro atoms. The van der Waals surface area contributed by atoms with Gasteiger partial charge in [-0.3, -0.25) is 18.9 Å². The van der Waals surface area contributed by atoms with E-state index in [1.807, 2.05) is 45.2 Å². The smallest absolute Gasteiger partial charge is 0.261 e. The zero-order chi connectivity index (χ0) is 25.8. The van der Waals surface area contributed by atoms with Gasteiger partial charge in [0.25, 0.3) is 5.91 Å². The Labute approximate surface area is 213 Å². The summed E-state index contributed by atoms with van der Waals surface area (Å²) in [5.41, 5.74) is 2.05. The average Bonchev–Trinajstić information content (AvgIpc) is 3.21. The van der Waals surface area contributed by atoms with Crippen LogP contribution in [0.15, 0.2) is 35.1 Å². The third-order valence-electron chi connectivity index (χ3n) is 7.71. The van der Waals surface area contributed by atoms with E-state index >= 15 is 4.39 Å². The maximum absolute atomic E-state index is 15.4. The lowest BCUT2D eigenvalue weighted by molar-refractivity contribution is 0.0595. The van der Waals surface area contributed by atoms with Crippen molar-refractivity contribution in [3.05, 3.63) is 51.9 Å². The van der Waals surface area contributed by atoms with Gasteiger partial charge in [-0.25, -0.2) is 9.37 Å². The minimum absolute atomic E-state index is 0.0597. The topological polar surface area (TPSA) is 75.3 Å². The fraction of sp³-hybridized carbons (Fsp3) is 0.444. The van der Waals surface area contributed by atoms with Crippen molar-refractivity contribution in [1.29, 1.82) is 0 Å². The summed E-state index contributed by atoms with van der Waals surface area (Å²) in [5.74, 6) is -0.701. The van der Waals surface area contributed by atoms with Gasteiger partial charge in [-0.1, -0.05) is 12.1 Å². The van der Waals surface area contributed by atoms with Gasteiger partial charge in [-0.15, -0.1) is 0 Å². The lowest BCUT2D eigenvalue weighted by Crippen LogP contribution is -2.51. The highest BCUT2D eigenvalue weighted by molar-refractivity contribution is 6.06. The van der Waals surface area contributed by atoms with E-state index in [1.165, 1.54) is 6.07 Å². The van der Waals surface area contributed by atoms with Crippen molar-refractivity contribution >= 4 is 39.4 Å². The number of hydrogen-bond donors (Lipinski definition) is 0. The number of fused-ring (bicyclic) bond motifs is 5. The maximum atomic E-state index is 15.4. The third kappa shape index (κ3) is 3.77. The predicted molar refractivity (Wildman–Crippen MR) is 141 cm³/mol. The van der Waals surface area contributed by atoms with Gasteiger partial charge in [0.2, 0.25) is 5.43 Å². The first kappa shape index (κ1) is 23.9. The molecule has 10 heteroatoms. The van der Waals surface area contributed by atoms with Crippen molar-refractivity contribution < 1.29 is 13.9 Å². The summed E-state index contributed by atoms with van der Waals surface area (Å²) >= 11 is 0. The normalized spacial score (nSPS) is 17.5. The van der Waals surface area contributed by atoms with Crippen LogP contribution in [0.25, 0.3) is 27.7 Å². The Balaban J connectivity index is 1.60. The van der Waals surface area contributed by atoms with Crippen LogP contribution in [-0.2, 0) is 11.8 Å². The van der Waals surface area contributed by atoms with Gasteiger partial charge in [0, 0.05) is 52.4 Å². The summed E-state index contributed by atoms with van der Waals surface area (Å²) < 4.78 is 24.5. The molecule has 0 unspecified atom stereocenters. The van der Waals surface area contributed by atoms with Crippen LogP contribution >= 0.6 is 0 Å². The zero-order valence-corrected chi connectivity index (χ0v) is 21.4. The first-order valence-corrected chi connectivity index (χ1v) is 12.8. The van der Waals surface area contributed by atoms with Crippen LogP contribution < -0.4 is 10.3 Å². The molecule has 0 aliphatic carbocycles. The summed E-state index contributed by atoms with van der Waals surface area (Å²) in [7, 11) is 1.85. The predicted octanol–water partition coefficient (Wildman–Crippen LogP) is 2.48. The molecular formula is C27H31FN6O3. The van der Waals surface area contributed by atoms with Crippen LogP contribution in [-0.4, -0.2) is 88.2 Å². The number of benzene rings is 1. The van der Waals surface area contributed by atoms with Crippen molar-refractivity contribution in [3.8, 4) is 0 Å². The summed E-state index contributed by atoms with van der Waals surface area (Å²) in [6.45, 7) is 8.84. The largest absolute Gasteiger partial charge is 0.378 e. The molecule has 5 heterocycles. The van der Waals surface area contributed by atoms with Gasteiger partial charge >= 0.3 is 0 Å². The summed E-state index contributed by atoms with van der Waals surface area (Å²) in [5, 5.41) is 0.104. The summed E-state index contributed by atoms with van der Waals surface area (Å²) in [4.78, 5) is 38.5. The van der Waals surface area contributed by atoms with Crippen LogP contribution in [0.2, 0.25) is 0 Å². The van der Waals surface area contributed by atoms with E-state index in [9.17, 15) is 9.59 Å². The Kier molecular flexibility index (Phi) is 5.88. The molecule has 3 aromatic heterocycles. The molecule has 1 aromatic carbocycles. The minimum Gasteiger partial charge on any atom is -0.378 e. The van der Waals surface area contributed by atoms with Gasteiger partial charge in [0.1, 0.15) is 11.2 Å². The minimum atomic E-state index is -0.573. The first-order chi connectivity index (χ1) is 17.9. The van der Waals surface area contributed by atoms with E-state index in [0.717, 1.165) is 24.1 Å². The second-order valence-corrected chi connectivity index (χ2v) is 10.1. The van der Waals surface area contributed by atoms with E-state index in [0.29, 0.717) is 56.7 Å². The molecule has 37 heavy (non-hydrogen) atoms. The average molecular weight is 507 g/mol. The Hall–Kier alpha value is -3.50. The quantitative estimate of drug-likeness (QED) is 0.425. The number of aryl methyl sites for hydroxylation is 1. The molecule has 6 rings (SSSR count). The number of anilines is 1. The van der Waals surface area contributed by atoms with Gasteiger partial charge in [0.05, 0.1) is 29.6 Å². The Morgan fingerprint density at radius 1 is 1.03 bits per heavy atom. The van der Waals surface area contributed by atoms with Crippen molar-refractivity contribution in [2.75, 3.05) is 57.4 Å². The maximum Gasteiger partial charge on any atom is 0.261 e. The number of carbonyl (C=O) groups excluding carboxylic acids is 1. The van der Waals surface area contributed by atoms with Crippen LogP contribution in [0.5, 0.6) is 0 Å². The molecule has 0 radical (unpaired) electrons. The standard InChI is InChI=1S/C27H31FN6O3/c1-17(2)31-8-10-33(11-9-31)27(36)22-23(35)18-16-19(28)25(32-12-14-37-15-13-32)29-24(18)34-21-7-5-4-6-20(21)30(3)26(22)34/h4-7,16-17H,8-15H2,1-3H3. The lowest BCUT2D eigenvalue weighted by atomic mass is 10.1. The van der Waals surface area contributed by atoms with Crippen molar-refractivity contribution in [2.45, 2.75) is 19.9 Å². The third-order valence-corrected chi connectivity index (χ3v) is 7.71. The molecule has 0 N–H and O–H groups in total. The van der Waals surface area contributed by atoms with Gasteiger partial charge < -0.3 is 19.1 Å². The SMILES string of the molecule is CC(C)N1CCN(C(=O)c2c(=O)c3cc(F)c(N4CCOCC4)nc3n3c4ccccc4n(C)c23)CC1. The second kappa shape index (κ2) is 9.11. The Bertz CT molecular complexity index is 1580. The van der Waals surface area contributed by atoms with Gasteiger partial charge in [-0.05, 0) is 32.0 Å². The van der Waals surface area contributed by atoms with Crippen molar-refractivity contribution in [2.24, 2.45) is 7.05 Å². The number of morpholine rings is 1. The van der Waals surface area contributed by atoms with E-state index in [4.69, 9.17) is 9.72 Å². The highest BCUT2D eigenvalue weighted by atomic mass is 19.1. The van der Waals surface area contributed by atoms with Crippen molar-refractivity contribution in [3.63, 3.8) is 0 Å². The van der Waals surface area contributed by atoms with Crippen LogP contribution in [0.3, 0.4) is 0 Å². The van der Waals surface area contributed by atoms with E-state index in [2.05, 4.69) is 18.7 Å². The fourth-order valence-electron chi connectivity index (χ4n) is 5.64. The number of amides is 1. The van der Waals surface area contributed by atoms with Gasteiger partial charge in [0.15, 0.2) is 17.3 Å². The first-order valence-electron chi connectivity index (χ1n) is 12.8. The number of rotatable bonds is 3. The highest BCUT2D eigenvalue weighted by Gasteiger charge is 2.31. The molecule has 194 valence electrons. The van der Waals surface area contributed by atoms with Crippen LogP contribution in [0.4, 0.5) is 10.2 Å². The molecule has 2 aliphatic rings. The lowest BCUT2D eigenvalue weighted by Gasteiger charge is -2.37. The van der Waals surface area contributed by atoms with Crippen LogP contribution in [0, 0.1) is 5.82 Å². The Morgan fingerprint density at radius 3 is 2.38 bits per heavy atom. The number of aromatic nitrogens is 3. The number of ether oxygens (including phenoxy) is 1. The molecule has 0 saturated carbocycles. The molecule has 1 amide bonds. The zero-order valence-electron chi connectivity index (χ0n) is 21.4. The molecular weight excluding hydrogens is 475 g/mol. The monoisotopic (exact) mass is 506 g/mol. The Morgan fingerprint density at radius 2 is 1.70 bits per heavy atom. The van der Waals surface area contributed by atoms with E-state index < -0.39 is 11.2 Å². The highest BCUT2D eigenvalue weighted by Crippen LogP contribution is 2.29. The number of pyridine rings is 2. The number of halogens is 1. The number of imidazole rings is 1. The molecule has 0 atom stereocenters. The van der Waals surface area contributed by atoms with E-state index in [1.54, 1.807) is 4.90 Å². The number of hydrogen-bond acceptors (Lipinski definition) is 6. The number of nitrogens with zero attached hydrogens (tertiary/aromatic N) is 6. The van der Waals surface area contributed by atoms with Gasteiger partial charge in [-0.2, -0.15) is 0 Å². The number of carbonyl (C=O) groups is 1. The number of para-hydroxylation sites is 2. The fourth-order valence-corrected chi connectivity index (χ4v) is 5.64. The number of piperazine rings is 1.